The molecule has 0 unspecified atom stereocenters. The van der Waals surface area contributed by atoms with Gasteiger partial charge in [-0.3, -0.25) is 9.56 Å². The molecule has 0 atom stereocenters. The summed E-state index contributed by atoms with van der Waals surface area (Å²) in [5.74, 6) is -0.215. The Morgan fingerprint density at radius 3 is 2.76 bits per heavy atom. The zero-order valence-electron chi connectivity index (χ0n) is 16.0. The van der Waals surface area contributed by atoms with Crippen LogP contribution < -0.4 is 4.80 Å². The van der Waals surface area contributed by atoms with Gasteiger partial charge in [0.25, 0.3) is 0 Å². The van der Waals surface area contributed by atoms with E-state index >= 15 is 0 Å². The summed E-state index contributed by atoms with van der Waals surface area (Å²) >= 11 is 1.38. The van der Waals surface area contributed by atoms with E-state index in [1.165, 1.54) is 11.3 Å². The first-order valence-corrected chi connectivity index (χ1v) is 9.94. The molecule has 6 nitrogen and oxygen atoms in total. The summed E-state index contributed by atoms with van der Waals surface area (Å²) < 4.78 is 6.62. The summed E-state index contributed by atoms with van der Waals surface area (Å²) in [5, 5.41) is 10.5. The van der Waals surface area contributed by atoms with E-state index < -0.39 is 0 Å². The number of carbonyl (C=O) groups is 1. The number of para-hydroxylation sites is 1. The molecule has 0 saturated carbocycles. The monoisotopic (exact) mass is 405 g/mol. The number of ether oxygens (including phenoxy) is 1. The molecule has 29 heavy (non-hydrogen) atoms. The largest absolute Gasteiger partial charge is 0.493 e. The van der Waals surface area contributed by atoms with E-state index in [0.717, 1.165) is 16.8 Å². The fourth-order valence-electron chi connectivity index (χ4n) is 2.95. The van der Waals surface area contributed by atoms with Gasteiger partial charge >= 0.3 is 5.97 Å². The highest BCUT2D eigenvalue weighted by atomic mass is 32.1. The first-order chi connectivity index (χ1) is 14.1. The first kappa shape index (κ1) is 18.9. The van der Waals surface area contributed by atoms with Gasteiger partial charge in [0.05, 0.1) is 28.4 Å². The molecule has 0 fully saturated rings. The van der Waals surface area contributed by atoms with Crippen molar-refractivity contribution >= 4 is 46.5 Å². The fourth-order valence-corrected chi connectivity index (χ4v) is 3.94. The Morgan fingerprint density at radius 2 is 2.00 bits per heavy atom. The number of nitrogens with zero attached hydrogens (tertiary/aromatic N) is 3. The van der Waals surface area contributed by atoms with E-state index in [1.807, 2.05) is 30.3 Å². The number of rotatable bonds is 4. The Hall–Kier alpha value is -3.45. The van der Waals surface area contributed by atoms with E-state index in [-0.39, 0.29) is 11.8 Å². The zero-order chi connectivity index (χ0) is 20.4. The number of aliphatic imine (C=N–C) groups is 1. The standard InChI is InChI=1S/C22H19N3O3S/c1-3-28-21(27)14-8-10-16(11-9-14)24-22-25(2)20(26)19(29-22)12-15-13-23-18-7-5-4-6-17(15)18/h4-13,26H,3H2,1-2H3. The highest BCUT2D eigenvalue weighted by Crippen LogP contribution is 2.34. The van der Waals surface area contributed by atoms with Crippen molar-refractivity contribution in [3.8, 4) is 5.88 Å². The van der Waals surface area contributed by atoms with Crippen LogP contribution in [0.15, 0.2) is 58.5 Å². The molecule has 3 aromatic rings. The Kier molecular flexibility index (Phi) is 5.14. The van der Waals surface area contributed by atoms with Crippen molar-refractivity contribution in [3.63, 3.8) is 0 Å². The highest BCUT2D eigenvalue weighted by molar-refractivity contribution is 7.10. The van der Waals surface area contributed by atoms with Crippen LogP contribution >= 0.6 is 11.3 Å². The lowest BCUT2D eigenvalue weighted by Gasteiger charge is -2.01. The fraction of sp³-hybridized carbons (Fsp3) is 0.136. The number of aromatic nitrogens is 1. The van der Waals surface area contributed by atoms with Gasteiger partial charge in [0.1, 0.15) is 0 Å². The van der Waals surface area contributed by atoms with Crippen LogP contribution in [0.2, 0.25) is 0 Å². The molecule has 0 radical (unpaired) electrons. The molecule has 0 aliphatic carbocycles. The van der Waals surface area contributed by atoms with Gasteiger partial charge < -0.3 is 9.84 Å². The van der Waals surface area contributed by atoms with E-state index in [2.05, 4.69) is 9.98 Å². The maximum absolute atomic E-state index is 11.8. The molecule has 0 bridgehead atoms. The number of aromatic hydroxyl groups is 1. The number of thiazole rings is 1. The molecule has 1 aliphatic heterocycles. The van der Waals surface area contributed by atoms with Crippen molar-refractivity contribution in [2.45, 2.75) is 6.92 Å². The van der Waals surface area contributed by atoms with Crippen molar-refractivity contribution in [3.05, 3.63) is 69.3 Å². The molecule has 1 aliphatic rings. The minimum atomic E-state index is -0.356. The number of fused-ring (bicyclic) bond motifs is 1. The van der Waals surface area contributed by atoms with Gasteiger partial charge in [0.2, 0.25) is 5.88 Å². The van der Waals surface area contributed by atoms with Crippen LogP contribution in [0.1, 0.15) is 27.7 Å². The highest BCUT2D eigenvalue weighted by Gasteiger charge is 2.14. The van der Waals surface area contributed by atoms with Gasteiger partial charge in [-0.1, -0.05) is 29.5 Å². The van der Waals surface area contributed by atoms with Crippen molar-refractivity contribution < 1.29 is 14.6 Å². The molecule has 2 aromatic carbocycles. The lowest BCUT2D eigenvalue weighted by atomic mass is 10.1. The molecule has 0 saturated heterocycles. The van der Waals surface area contributed by atoms with Gasteiger partial charge in [-0.15, -0.1) is 0 Å². The molecule has 0 spiro atoms. The van der Waals surface area contributed by atoms with Crippen LogP contribution in [0.25, 0.3) is 11.6 Å². The maximum Gasteiger partial charge on any atom is 0.338 e. The molecule has 1 N–H and O–H groups in total. The number of carbonyl (C=O) groups excluding carboxylic acids is 1. The molecular formula is C22H19N3O3S. The number of benzene rings is 2. The van der Waals surface area contributed by atoms with Gasteiger partial charge in [-0.2, -0.15) is 0 Å². The third-order valence-corrected chi connectivity index (χ3v) is 5.54. The third-order valence-electron chi connectivity index (χ3n) is 4.47. The summed E-state index contributed by atoms with van der Waals surface area (Å²) in [6.07, 6.45) is 3.72. The summed E-state index contributed by atoms with van der Waals surface area (Å²) in [6, 6.07) is 14.7. The minimum absolute atomic E-state index is 0.141. The Balaban J connectivity index is 1.66. The number of allylic oxidation sites excluding steroid dienone is 1. The van der Waals surface area contributed by atoms with Crippen LogP contribution in [0.4, 0.5) is 11.4 Å². The lowest BCUT2D eigenvalue weighted by molar-refractivity contribution is 0.0526. The predicted molar refractivity (Wildman–Crippen MR) is 115 cm³/mol. The van der Waals surface area contributed by atoms with Crippen LogP contribution in [0, 0.1) is 0 Å². The molecule has 2 heterocycles. The van der Waals surface area contributed by atoms with Crippen molar-refractivity contribution in [1.82, 2.24) is 4.57 Å². The second-order valence-electron chi connectivity index (χ2n) is 6.39. The number of hydrogen-bond donors (Lipinski definition) is 1. The van der Waals surface area contributed by atoms with E-state index in [9.17, 15) is 9.90 Å². The predicted octanol–water partition coefficient (Wildman–Crippen LogP) is 4.46. The summed E-state index contributed by atoms with van der Waals surface area (Å²) in [6.45, 7) is 2.11. The summed E-state index contributed by atoms with van der Waals surface area (Å²) in [4.78, 5) is 22.1. The van der Waals surface area contributed by atoms with E-state index in [4.69, 9.17) is 4.74 Å². The van der Waals surface area contributed by atoms with Gasteiger partial charge in [-0.05, 0) is 43.3 Å². The molecule has 4 rings (SSSR count). The number of hydrogen-bond acceptors (Lipinski definition) is 6. The van der Waals surface area contributed by atoms with Crippen LogP contribution in [-0.4, -0.2) is 28.5 Å². The Morgan fingerprint density at radius 1 is 1.24 bits per heavy atom. The molecule has 0 amide bonds. The molecular weight excluding hydrogens is 386 g/mol. The van der Waals surface area contributed by atoms with Crippen LogP contribution in [-0.2, 0) is 11.8 Å². The molecule has 1 aromatic heterocycles. The third kappa shape index (κ3) is 3.77. The summed E-state index contributed by atoms with van der Waals surface area (Å²) in [5.41, 5.74) is 4.07. The van der Waals surface area contributed by atoms with Gasteiger partial charge in [-0.25, -0.2) is 9.79 Å². The first-order valence-electron chi connectivity index (χ1n) is 9.12. The smallest absolute Gasteiger partial charge is 0.338 e. The quantitative estimate of drug-likeness (QED) is 0.651. The van der Waals surface area contributed by atoms with E-state index in [0.29, 0.717) is 27.5 Å². The van der Waals surface area contributed by atoms with E-state index in [1.54, 1.807) is 49.0 Å². The van der Waals surface area contributed by atoms with Crippen molar-refractivity contribution in [1.29, 1.82) is 0 Å². The minimum Gasteiger partial charge on any atom is -0.493 e. The average Bonchev–Trinajstić information content (AvgIpc) is 3.26. The maximum atomic E-state index is 11.8. The van der Waals surface area contributed by atoms with Crippen LogP contribution in [0.3, 0.4) is 0 Å². The van der Waals surface area contributed by atoms with Gasteiger partial charge in [0, 0.05) is 24.4 Å². The second-order valence-corrected chi connectivity index (χ2v) is 7.39. The topological polar surface area (TPSA) is 76.2 Å². The molecule has 7 heteroatoms. The Bertz CT molecular complexity index is 1200. The zero-order valence-corrected chi connectivity index (χ0v) is 16.8. The lowest BCUT2D eigenvalue weighted by Crippen LogP contribution is -2.08. The normalized spacial score (nSPS) is 14.4. The number of esters is 1. The van der Waals surface area contributed by atoms with Crippen LogP contribution in [0.5, 0.6) is 5.88 Å². The Labute approximate surface area is 171 Å². The summed E-state index contributed by atoms with van der Waals surface area (Å²) in [7, 11) is 1.76. The van der Waals surface area contributed by atoms with Crippen molar-refractivity contribution in [2.75, 3.05) is 6.61 Å². The second kappa shape index (κ2) is 7.89. The average molecular weight is 405 g/mol. The van der Waals surface area contributed by atoms with Gasteiger partial charge in [0.15, 0.2) is 4.80 Å². The molecule has 146 valence electrons. The van der Waals surface area contributed by atoms with Crippen molar-refractivity contribution in [2.24, 2.45) is 17.0 Å². The SMILES string of the molecule is CCOC(=O)c1ccc(N=c2sc(C=C3C=Nc4ccccc43)c(O)n2C)cc1.